The summed E-state index contributed by atoms with van der Waals surface area (Å²) in [6.45, 7) is 1.77. The molecule has 2 aromatic rings. The van der Waals surface area contributed by atoms with Crippen LogP contribution in [-0.4, -0.2) is 17.0 Å². The Kier molecular flexibility index (Phi) is 5.01. The van der Waals surface area contributed by atoms with Crippen molar-refractivity contribution in [3.8, 4) is 0 Å². The standard InChI is InChI=1S/C13H12N2O4PS/c1-9-7-10(15(16)17)11(20(18)19-2)8-12(9)21-13-5-3-4-6-14-13/h3-8H,1-2H3/q+1. The van der Waals surface area contributed by atoms with Gasteiger partial charge in [-0.2, -0.15) is 0 Å². The summed E-state index contributed by atoms with van der Waals surface area (Å²) < 4.78 is 16.6. The Balaban J connectivity index is 2.48. The van der Waals surface area contributed by atoms with E-state index in [1.807, 2.05) is 12.1 Å². The van der Waals surface area contributed by atoms with Crippen molar-refractivity contribution < 1.29 is 14.0 Å². The van der Waals surface area contributed by atoms with Crippen molar-refractivity contribution >= 4 is 30.8 Å². The molecule has 0 amide bonds. The number of benzene rings is 1. The number of pyridine rings is 1. The van der Waals surface area contributed by atoms with Crippen molar-refractivity contribution in [1.29, 1.82) is 0 Å². The van der Waals surface area contributed by atoms with Gasteiger partial charge in [-0.25, -0.2) is 4.98 Å². The molecule has 0 bridgehead atoms. The first kappa shape index (κ1) is 15.6. The Morgan fingerprint density at radius 2 is 2.14 bits per heavy atom. The van der Waals surface area contributed by atoms with E-state index < -0.39 is 13.0 Å². The quantitative estimate of drug-likeness (QED) is 0.476. The van der Waals surface area contributed by atoms with Gasteiger partial charge in [-0.3, -0.25) is 10.1 Å². The van der Waals surface area contributed by atoms with Crippen molar-refractivity contribution in [2.24, 2.45) is 0 Å². The first-order valence-corrected chi connectivity index (χ1v) is 7.91. The summed E-state index contributed by atoms with van der Waals surface area (Å²) in [7, 11) is -0.998. The number of hydrogen-bond donors (Lipinski definition) is 0. The fraction of sp³-hybridized carbons (Fsp3) is 0.154. The molecule has 0 aliphatic heterocycles. The van der Waals surface area contributed by atoms with E-state index in [4.69, 9.17) is 4.52 Å². The Labute approximate surface area is 126 Å². The maximum atomic E-state index is 11.9. The van der Waals surface area contributed by atoms with Gasteiger partial charge in [-0.05, 0) is 29.2 Å². The van der Waals surface area contributed by atoms with E-state index in [0.29, 0.717) is 0 Å². The van der Waals surface area contributed by atoms with Crippen LogP contribution in [0.2, 0.25) is 0 Å². The minimum atomic E-state index is -2.26. The van der Waals surface area contributed by atoms with Gasteiger partial charge in [0.15, 0.2) is 0 Å². The van der Waals surface area contributed by atoms with E-state index >= 15 is 0 Å². The molecule has 0 fully saturated rings. The van der Waals surface area contributed by atoms with Crippen LogP contribution in [0.4, 0.5) is 5.69 Å². The van der Waals surface area contributed by atoms with Crippen molar-refractivity contribution in [3.63, 3.8) is 0 Å². The zero-order chi connectivity index (χ0) is 15.4. The molecule has 0 aliphatic rings. The Morgan fingerprint density at radius 1 is 1.38 bits per heavy atom. The summed E-state index contributed by atoms with van der Waals surface area (Å²) >= 11 is 1.36. The topological polar surface area (TPSA) is 82.3 Å². The lowest BCUT2D eigenvalue weighted by molar-refractivity contribution is -0.383. The van der Waals surface area contributed by atoms with Gasteiger partial charge in [0.05, 0.1) is 12.0 Å². The average Bonchev–Trinajstić information content (AvgIpc) is 2.49. The molecule has 21 heavy (non-hydrogen) atoms. The Morgan fingerprint density at radius 3 is 2.71 bits per heavy atom. The molecule has 6 nitrogen and oxygen atoms in total. The molecule has 0 saturated heterocycles. The van der Waals surface area contributed by atoms with Gasteiger partial charge in [0.25, 0.3) is 0 Å². The summed E-state index contributed by atoms with van der Waals surface area (Å²) in [5.74, 6) is 0. The second-order valence-corrected chi connectivity index (χ2v) is 6.50. The van der Waals surface area contributed by atoms with Gasteiger partial charge in [0, 0.05) is 23.2 Å². The molecule has 1 unspecified atom stereocenters. The van der Waals surface area contributed by atoms with Crippen LogP contribution in [0.1, 0.15) is 5.56 Å². The molecule has 0 saturated carbocycles. The fourth-order valence-corrected chi connectivity index (χ4v) is 3.42. The number of nitro benzene ring substituents is 1. The second kappa shape index (κ2) is 6.76. The number of rotatable bonds is 5. The average molecular weight is 323 g/mol. The molecule has 0 radical (unpaired) electrons. The van der Waals surface area contributed by atoms with Gasteiger partial charge < -0.3 is 0 Å². The highest BCUT2D eigenvalue weighted by atomic mass is 32.2. The molecule has 108 valence electrons. The van der Waals surface area contributed by atoms with Crippen LogP contribution in [-0.2, 0) is 9.09 Å². The summed E-state index contributed by atoms with van der Waals surface area (Å²) in [4.78, 5) is 15.5. The smallest absolute Gasteiger partial charge is 0.258 e. The predicted molar refractivity (Wildman–Crippen MR) is 80.4 cm³/mol. The summed E-state index contributed by atoms with van der Waals surface area (Å²) in [5, 5.41) is 11.9. The van der Waals surface area contributed by atoms with E-state index in [-0.39, 0.29) is 11.0 Å². The van der Waals surface area contributed by atoms with Crippen molar-refractivity contribution in [1.82, 2.24) is 4.98 Å². The highest BCUT2D eigenvalue weighted by Crippen LogP contribution is 2.34. The van der Waals surface area contributed by atoms with Crippen molar-refractivity contribution in [2.75, 3.05) is 7.11 Å². The van der Waals surface area contributed by atoms with Crippen LogP contribution in [0.15, 0.2) is 46.5 Å². The number of aromatic nitrogens is 1. The first-order valence-electron chi connectivity index (χ1n) is 5.92. The third-order valence-corrected chi connectivity index (χ3v) is 4.88. The van der Waals surface area contributed by atoms with Crippen LogP contribution in [0, 0.1) is 17.0 Å². The van der Waals surface area contributed by atoms with E-state index in [0.717, 1.165) is 15.5 Å². The summed E-state index contributed by atoms with van der Waals surface area (Å²) in [5.41, 5.74) is 0.529. The zero-order valence-electron chi connectivity index (χ0n) is 11.3. The molecule has 0 aliphatic carbocycles. The van der Waals surface area contributed by atoms with E-state index in [2.05, 4.69) is 4.98 Å². The molecule has 0 spiro atoms. The fourth-order valence-electron chi connectivity index (χ4n) is 1.68. The van der Waals surface area contributed by atoms with Crippen LogP contribution in [0.5, 0.6) is 0 Å². The molecular formula is C13H12N2O4PS+. The molecule has 1 aromatic carbocycles. The molecule has 1 aromatic heterocycles. The van der Waals surface area contributed by atoms with Crippen LogP contribution in [0.25, 0.3) is 0 Å². The number of aryl methyl sites for hydroxylation is 1. The highest BCUT2D eigenvalue weighted by Gasteiger charge is 2.33. The van der Waals surface area contributed by atoms with Crippen LogP contribution >= 0.6 is 19.8 Å². The minimum Gasteiger partial charge on any atom is -0.258 e. The molecule has 1 atom stereocenters. The highest BCUT2D eigenvalue weighted by molar-refractivity contribution is 7.99. The lowest BCUT2D eigenvalue weighted by Gasteiger charge is -2.04. The van der Waals surface area contributed by atoms with E-state index in [9.17, 15) is 14.7 Å². The number of hydrogen-bond acceptors (Lipinski definition) is 6. The third kappa shape index (κ3) is 3.64. The maximum absolute atomic E-state index is 11.9. The third-order valence-electron chi connectivity index (χ3n) is 2.68. The molecule has 2 rings (SSSR count). The zero-order valence-corrected chi connectivity index (χ0v) is 13.1. The van der Waals surface area contributed by atoms with Gasteiger partial charge in [-0.15, -0.1) is 4.52 Å². The minimum absolute atomic E-state index is 0.0848. The van der Waals surface area contributed by atoms with Gasteiger partial charge in [-0.1, -0.05) is 17.8 Å². The van der Waals surface area contributed by atoms with Crippen LogP contribution in [0.3, 0.4) is 0 Å². The Hall–Kier alpha value is -1.82. The predicted octanol–water partition coefficient (Wildman–Crippen LogP) is 3.46. The first-order chi connectivity index (χ1) is 10.0. The maximum Gasteiger partial charge on any atom is 0.555 e. The SMILES string of the molecule is CO[P+](=O)c1cc(Sc2ccccn2)c(C)cc1[N+](=O)[O-]. The largest absolute Gasteiger partial charge is 0.555 e. The van der Waals surface area contributed by atoms with Crippen molar-refractivity contribution in [2.45, 2.75) is 16.8 Å². The normalized spacial score (nSPS) is 11.2. The monoisotopic (exact) mass is 323 g/mol. The Bertz CT molecular complexity index is 694. The molecule has 1 heterocycles. The number of nitrogens with zero attached hydrogens (tertiary/aromatic N) is 2. The van der Waals surface area contributed by atoms with E-state index in [1.54, 1.807) is 19.2 Å². The molecule has 0 N–H and O–H groups in total. The van der Waals surface area contributed by atoms with Crippen LogP contribution < -0.4 is 5.30 Å². The molecule has 8 heteroatoms. The van der Waals surface area contributed by atoms with Gasteiger partial charge in [0.2, 0.25) is 0 Å². The molecular weight excluding hydrogens is 311 g/mol. The van der Waals surface area contributed by atoms with Gasteiger partial charge in [0.1, 0.15) is 5.03 Å². The summed E-state index contributed by atoms with van der Waals surface area (Å²) in [6.07, 6.45) is 1.67. The second-order valence-electron chi connectivity index (χ2n) is 4.07. The lowest BCUT2D eigenvalue weighted by Crippen LogP contribution is -2.07. The lowest BCUT2D eigenvalue weighted by atomic mass is 10.2. The van der Waals surface area contributed by atoms with Gasteiger partial charge >= 0.3 is 19.0 Å². The van der Waals surface area contributed by atoms with E-state index in [1.165, 1.54) is 31.0 Å². The number of nitro groups is 1. The summed E-state index contributed by atoms with van der Waals surface area (Å²) in [6, 6.07) is 8.44. The van der Waals surface area contributed by atoms with Crippen molar-refractivity contribution in [3.05, 3.63) is 52.2 Å².